The van der Waals surface area contributed by atoms with Crippen LogP contribution in [-0.2, 0) is 30.6 Å². The van der Waals surface area contributed by atoms with Crippen LogP contribution in [-0.4, -0.2) is 21.1 Å². The molecule has 25 heavy (non-hydrogen) atoms. The van der Waals surface area contributed by atoms with Crippen molar-refractivity contribution >= 4 is 16.8 Å². The van der Waals surface area contributed by atoms with Crippen molar-refractivity contribution < 1.29 is 4.79 Å². The van der Waals surface area contributed by atoms with Gasteiger partial charge in [0.05, 0.1) is 12.1 Å². The number of hydrogen-bond acceptors (Lipinski definition) is 3. The Kier molecular flexibility index (Phi) is 4.97. The van der Waals surface area contributed by atoms with Crippen LogP contribution < -0.4 is 10.9 Å². The van der Waals surface area contributed by atoms with Gasteiger partial charge in [0.2, 0.25) is 5.91 Å². The highest BCUT2D eigenvalue weighted by Crippen LogP contribution is 2.18. The lowest BCUT2D eigenvalue weighted by molar-refractivity contribution is -0.120. The molecule has 0 saturated carbocycles. The van der Waals surface area contributed by atoms with Crippen molar-refractivity contribution in [2.45, 2.75) is 39.7 Å². The van der Waals surface area contributed by atoms with Gasteiger partial charge in [-0.25, -0.2) is 5.10 Å². The minimum absolute atomic E-state index is 0.110. The van der Waals surface area contributed by atoms with Crippen molar-refractivity contribution in [2.75, 3.05) is 0 Å². The molecule has 0 saturated heterocycles. The van der Waals surface area contributed by atoms with Gasteiger partial charge in [-0.3, -0.25) is 9.59 Å². The Morgan fingerprint density at radius 1 is 1.16 bits per heavy atom. The first-order valence-electron chi connectivity index (χ1n) is 8.55. The van der Waals surface area contributed by atoms with E-state index < -0.39 is 0 Å². The second kappa shape index (κ2) is 7.34. The van der Waals surface area contributed by atoms with Crippen molar-refractivity contribution in [1.29, 1.82) is 0 Å². The molecule has 2 aromatic heterocycles. The number of fused-ring (bicyclic) bond motifs is 1. The fourth-order valence-corrected chi connectivity index (χ4v) is 3.16. The van der Waals surface area contributed by atoms with E-state index in [4.69, 9.17) is 0 Å². The second-order valence-corrected chi connectivity index (χ2v) is 5.98. The minimum Gasteiger partial charge on any atom is -0.361 e. The normalized spacial score (nSPS) is 11.0. The topological polar surface area (TPSA) is 90.6 Å². The lowest BCUT2D eigenvalue weighted by Gasteiger charge is -2.11. The summed E-state index contributed by atoms with van der Waals surface area (Å²) in [7, 11) is 0. The van der Waals surface area contributed by atoms with Crippen LogP contribution in [0.15, 0.2) is 35.3 Å². The maximum absolute atomic E-state index is 12.3. The van der Waals surface area contributed by atoms with E-state index in [1.165, 1.54) is 0 Å². The van der Waals surface area contributed by atoms with Crippen LogP contribution in [0.2, 0.25) is 0 Å². The standard InChI is InChI=1S/C19H22N4O2/c1-3-13-15(19(25)23-22-16(13)4-2)11-21-18(24)9-12-10-20-17-8-6-5-7-14(12)17/h5-8,10,20H,3-4,9,11H2,1-2H3,(H,21,24)(H,23,25). The molecule has 0 fully saturated rings. The predicted molar refractivity (Wildman–Crippen MR) is 97.5 cm³/mol. The molecule has 0 aliphatic heterocycles. The fraction of sp³-hybridized carbons (Fsp3) is 0.316. The largest absolute Gasteiger partial charge is 0.361 e. The molecule has 0 bridgehead atoms. The molecular weight excluding hydrogens is 316 g/mol. The number of aryl methyl sites for hydroxylation is 1. The lowest BCUT2D eigenvalue weighted by Crippen LogP contribution is -2.30. The zero-order valence-electron chi connectivity index (χ0n) is 14.5. The molecule has 3 aromatic rings. The Bertz CT molecular complexity index is 955. The average Bonchev–Trinajstić information content (AvgIpc) is 3.03. The van der Waals surface area contributed by atoms with Gasteiger partial charge in [0.15, 0.2) is 0 Å². The summed E-state index contributed by atoms with van der Waals surface area (Å²) >= 11 is 0. The number of benzene rings is 1. The highest BCUT2D eigenvalue weighted by Gasteiger charge is 2.14. The molecule has 0 unspecified atom stereocenters. The summed E-state index contributed by atoms with van der Waals surface area (Å²) in [6.45, 7) is 4.21. The van der Waals surface area contributed by atoms with Gasteiger partial charge < -0.3 is 10.3 Å². The molecule has 1 amide bonds. The molecule has 3 rings (SSSR count). The van der Waals surface area contributed by atoms with Crippen LogP contribution in [0.5, 0.6) is 0 Å². The maximum atomic E-state index is 12.3. The summed E-state index contributed by atoms with van der Waals surface area (Å²) in [4.78, 5) is 27.6. The lowest BCUT2D eigenvalue weighted by atomic mass is 10.0. The summed E-state index contributed by atoms with van der Waals surface area (Å²) < 4.78 is 0. The van der Waals surface area contributed by atoms with Crippen molar-refractivity contribution in [1.82, 2.24) is 20.5 Å². The number of amides is 1. The van der Waals surface area contributed by atoms with E-state index in [-0.39, 0.29) is 24.4 Å². The quantitative estimate of drug-likeness (QED) is 0.644. The smallest absolute Gasteiger partial charge is 0.269 e. The number of para-hydroxylation sites is 1. The van der Waals surface area contributed by atoms with Crippen LogP contribution in [0, 0.1) is 0 Å². The van der Waals surface area contributed by atoms with E-state index in [1.807, 2.05) is 44.3 Å². The molecule has 2 heterocycles. The number of rotatable bonds is 6. The third-order valence-electron chi connectivity index (χ3n) is 4.46. The van der Waals surface area contributed by atoms with Gasteiger partial charge in [-0.1, -0.05) is 32.0 Å². The molecule has 0 spiro atoms. The van der Waals surface area contributed by atoms with Gasteiger partial charge in [0.25, 0.3) is 5.56 Å². The van der Waals surface area contributed by atoms with E-state index in [2.05, 4.69) is 20.5 Å². The van der Waals surface area contributed by atoms with Crippen LogP contribution in [0.25, 0.3) is 10.9 Å². The van der Waals surface area contributed by atoms with Crippen molar-refractivity contribution in [2.24, 2.45) is 0 Å². The molecule has 0 aliphatic rings. The molecule has 6 nitrogen and oxygen atoms in total. The zero-order chi connectivity index (χ0) is 17.8. The Labute approximate surface area is 145 Å². The van der Waals surface area contributed by atoms with Gasteiger partial charge >= 0.3 is 0 Å². The number of nitrogens with one attached hydrogen (secondary N) is 3. The average molecular weight is 338 g/mol. The summed E-state index contributed by atoms with van der Waals surface area (Å²) in [6, 6.07) is 7.88. The van der Waals surface area contributed by atoms with E-state index in [0.29, 0.717) is 12.0 Å². The van der Waals surface area contributed by atoms with Gasteiger partial charge in [-0.2, -0.15) is 5.10 Å². The van der Waals surface area contributed by atoms with Crippen molar-refractivity contribution in [3.8, 4) is 0 Å². The number of hydrogen-bond donors (Lipinski definition) is 3. The van der Waals surface area contributed by atoms with Gasteiger partial charge in [0, 0.05) is 29.2 Å². The SMILES string of the molecule is CCc1n[nH]c(=O)c(CNC(=O)Cc2c[nH]c3ccccc23)c1CC. The second-order valence-electron chi connectivity index (χ2n) is 5.98. The number of H-pyrrole nitrogens is 2. The van der Waals surface area contributed by atoms with Gasteiger partial charge in [0.1, 0.15) is 0 Å². The van der Waals surface area contributed by atoms with Crippen LogP contribution in [0.4, 0.5) is 0 Å². The molecule has 130 valence electrons. The van der Waals surface area contributed by atoms with E-state index in [1.54, 1.807) is 0 Å². The third kappa shape index (κ3) is 3.47. The predicted octanol–water partition coefficient (Wildman–Crippen LogP) is 2.23. The van der Waals surface area contributed by atoms with Crippen molar-refractivity contribution in [3.63, 3.8) is 0 Å². The van der Waals surface area contributed by atoms with E-state index in [9.17, 15) is 9.59 Å². The summed E-state index contributed by atoms with van der Waals surface area (Å²) in [5, 5.41) is 10.5. The molecular formula is C19H22N4O2. The Hall–Kier alpha value is -2.89. The Balaban J connectivity index is 1.74. The Morgan fingerprint density at radius 2 is 1.96 bits per heavy atom. The highest BCUT2D eigenvalue weighted by molar-refractivity contribution is 5.88. The molecule has 0 aliphatic carbocycles. The van der Waals surface area contributed by atoms with Crippen LogP contribution in [0.3, 0.4) is 0 Å². The number of carbonyl (C=O) groups is 1. The van der Waals surface area contributed by atoms with E-state index in [0.717, 1.165) is 34.1 Å². The summed E-state index contributed by atoms with van der Waals surface area (Å²) in [6.07, 6.45) is 3.59. The highest BCUT2D eigenvalue weighted by atomic mass is 16.1. The van der Waals surface area contributed by atoms with Crippen LogP contribution >= 0.6 is 0 Å². The van der Waals surface area contributed by atoms with Gasteiger partial charge in [-0.05, 0) is 30.0 Å². The molecule has 6 heteroatoms. The Morgan fingerprint density at radius 3 is 2.72 bits per heavy atom. The number of carbonyl (C=O) groups excluding carboxylic acids is 1. The first kappa shape index (κ1) is 17.0. The third-order valence-corrected chi connectivity index (χ3v) is 4.46. The molecule has 3 N–H and O–H groups in total. The fourth-order valence-electron chi connectivity index (χ4n) is 3.16. The van der Waals surface area contributed by atoms with Crippen LogP contribution in [0.1, 0.15) is 36.2 Å². The summed E-state index contributed by atoms with van der Waals surface area (Å²) in [5.74, 6) is -0.110. The van der Waals surface area contributed by atoms with E-state index >= 15 is 0 Å². The first-order valence-corrected chi connectivity index (χ1v) is 8.55. The minimum atomic E-state index is -0.235. The van der Waals surface area contributed by atoms with Gasteiger partial charge in [-0.15, -0.1) is 0 Å². The molecule has 1 aromatic carbocycles. The van der Waals surface area contributed by atoms with Crippen molar-refractivity contribution in [3.05, 3.63) is 63.2 Å². The number of nitrogens with zero attached hydrogens (tertiary/aromatic N) is 1. The first-order chi connectivity index (χ1) is 12.1. The number of aromatic nitrogens is 3. The summed E-state index contributed by atoms with van der Waals surface area (Å²) in [5.41, 5.74) is 4.13. The molecule has 0 radical (unpaired) electrons. The zero-order valence-corrected chi connectivity index (χ0v) is 14.5. The maximum Gasteiger partial charge on any atom is 0.269 e. The number of aromatic amines is 2. The monoisotopic (exact) mass is 338 g/mol. The molecule has 0 atom stereocenters.